The first kappa shape index (κ1) is 20.1. The van der Waals surface area contributed by atoms with E-state index in [-0.39, 0.29) is 37.4 Å². The van der Waals surface area contributed by atoms with Crippen LogP contribution in [-0.2, 0) is 29.0 Å². The summed E-state index contributed by atoms with van der Waals surface area (Å²) in [6.45, 7) is 5.50. The molecule has 0 spiro atoms. The molecule has 0 atom stereocenters. The van der Waals surface area contributed by atoms with Crippen LogP contribution in [0.3, 0.4) is 0 Å². The summed E-state index contributed by atoms with van der Waals surface area (Å²) >= 11 is 0. The SMILES string of the molecule is CCOC(=O)c1c2c(nn1CC(F)(F)F)CCN(C(=O)OC(C)(C)C)C2. The van der Waals surface area contributed by atoms with E-state index in [9.17, 15) is 22.8 Å². The molecule has 2 rings (SSSR count). The van der Waals surface area contributed by atoms with Crippen molar-refractivity contribution in [2.45, 2.75) is 59.0 Å². The van der Waals surface area contributed by atoms with Gasteiger partial charge in [-0.25, -0.2) is 14.3 Å². The summed E-state index contributed by atoms with van der Waals surface area (Å²) in [5.74, 6) is -0.892. The summed E-state index contributed by atoms with van der Waals surface area (Å²) in [5, 5.41) is 3.92. The molecule has 0 saturated heterocycles. The Balaban J connectivity index is 2.34. The van der Waals surface area contributed by atoms with Crippen LogP contribution in [0.1, 0.15) is 49.4 Å². The molecule has 1 aliphatic rings. The second kappa shape index (κ2) is 7.16. The van der Waals surface area contributed by atoms with Gasteiger partial charge >= 0.3 is 18.2 Å². The van der Waals surface area contributed by atoms with Crippen LogP contribution in [0.25, 0.3) is 0 Å². The average molecular weight is 377 g/mol. The summed E-state index contributed by atoms with van der Waals surface area (Å²) in [4.78, 5) is 25.8. The average Bonchev–Trinajstić information content (AvgIpc) is 2.80. The molecular formula is C16H22F3N3O4. The number of halogens is 3. The van der Waals surface area contributed by atoms with Crippen LogP contribution in [0.4, 0.5) is 18.0 Å². The Hall–Kier alpha value is -2.26. The molecule has 0 bridgehead atoms. The molecule has 7 nitrogen and oxygen atoms in total. The van der Waals surface area contributed by atoms with Gasteiger partial charge in [-0.15, -0.1) is 0 Å². The number of carbonyl (C=O) groups excluding carboxylic acids is 2. The van der Waals surface area contributed by atoms with Crippen molar-refractivity contribution in [2.24, 2.45) is 0 Å². The Morgan fingerprint density at radius 2 is 1.88 bits per heavy atom. The van der Waals surface area contributed by atoms with Crippen LogP contribution < -0.4 is 0 Å². The maximum absolute atomic E-state index is 12.8. The lowest BCUT2D eigenvalue weighted by Gasteiger charge is -2.29. The molecule has 26 heavy (non-hydrogen) atoms. The van der Waals surface area contributed by atoms with E-state index in [0.29, 0.717) is 10.4 Å². The zero-order valence-electron chi connectivity index (χ0n) is 15.1. The Morgan fingerprint density at radius 3 is 2.42 bits per heavy atom. The van der Waals surface area contributed by atoms with Gasteiger partial charge in [-0.05, 0) is 27.7 Å². The van der Waals surface area contributed by atoms with Gasteiger partial charge in [-0.1, -0.05) is 0 Å². The van der Waals surface area contributed by atoms with Crippen LogP contribution >= 0.6 is 0 Å². The Kier molecular flexibility index (Phi) is 5.52. The monoisotopic (exact) mass is 377 g/mol. The fourth-order valence-electron chi connectivity index (χ4n) is 2.62. The number of carbonyl (C=O) groups is 2. The van der Waals surface area contributed by atoms with Crippen molar-refractivity contribution in [3.63, 3.8) is 0 Å². The minimum atomic E-state index is -4.54. The second-order valence-corrected chi connectivity index (χ2v) is 6.92. The minimum absolute atomic E-state index is 0.0145. The zero-order valence-corrected chi connectivity index (χ0v) is 15.1. The van der Waals surface area contributed by atoms with Gasteiger partial charge in [0.2, 0.25) is 0 Å². The van der Waals surface area contributed by atoms with Gasteiger partial charge in [-0.2, -0.15) is 18.3 Å². The predicted octanol–water partition coefficient (Wildman–Crippen LogP) is 2.92. The molecule has 0 N–H and O–H groups in total. The van der Waals surface area contributed by atoms with E-state index in [0.717, 1.165) is 0 Å². The van der Waals surface area contributed by atoms with Crippen molar-refractivity contribution in [3.8, 4) is 0 Å². The molecule has 10 heteroatoms. The second-order valence-electron chi connectivity index (χ2n) is 6.92. The van der Waals surface area contributed by atoms with Crippen LogP contribution in [0, 0.1) is 0 Å². The van der Waals surface area contributed by atoms with Gasteiger partial charge in [0.25, 0.3) is 0 Å². The first-order chi connectivity index (χ1) is 11.9. The molecule has 1 aliphatic heterocycles. The highest BCUT2D eigenvalue weighted by Crippen LogP contribution is 2.27. The van der Waals surface area contributed by atoms with Gasteiger partial charge in [0.15, 0.2) is 5.69 Å². The van der Waals surface area contributed by atoms with E-state index in [1.807, 2.05) is 0 Å². The quantitative estimate of drug-likeness (QED) is 0.758. The molecular weight excluding hydrogens is 355 g/mol. The molecule has 1 aromatic rings. The van der Waals surface area contributed by atoms with E-state index in [2.05, 4.69) is 5.10 Å². The normalized spacial score (nSPS) is 14.8. The summed E-state index contributed by atoms with van der Waals surface area (Å²) in [7, 11) is 0. The van der Waals surface area contributed by atoms with Crippen LogP contribution in [0.5, 0.6) is 0 Å². The molecule has 2 heterocycles. The van der Waals surface area contributed by atoms with Gasteiger partial charge in [-0.3, -0.25) is 0 Å². The first-order valence-corrected chi connectivity index (χ1v) is 8.21. The largest absolute Gasteiger partial charge is 0.461 e. The van der Waals surface area contributed by atoms with Crippen molar-refractivity contribution >= 4 is 12.1 Å². The third-order valence-corrected chi connectivity index (χ3v) is 3.55. The molecule has 0 unspecified atom stereocenters. The Labute approximate surface area is 149 Å². The predicted molar refractivity (Wildman–Crippen MR) is 84.6 cm³/mol. The standard InChI is InChI=1S/C16H22F3N3O4/c1-5-25-13(23)12-10-8-21(14(24)26-15(2,3)4)7-6-11(10)20-22(12)9-16(17,18)19/h5-9H2,1-4H3. The van der Waals surface area contributed by atoms with Crippen molar-refractivity contribution in [3.05, 3.63) is 17.0 Å². The third-order valence-electron chi connectivity index (χ3n) is 3.55. The molecule has 0 fully saturated rings. The number of fused-ring (bicyclic) bond motifs is 1. The summed E-state index contributed by atoms with van der Waals surface area (Å²) in [5.41, 5.74) is -0.351. The van der Waals surface area contributed by atoms with E-state index in [1.165, 1.54) is 4.90 Å². The Morgan fingerprint density at radius 1 is 1.23 bits per heavy atom. The van der Waals surface area contributed by atoms with Gasteiger partial charge in [0.05, 0.1) is 18.8 Å². The highest BCUT2D eigenvalue weighted by Gasteiger charge is 2.36. The molecule has 1 aromatic heterocycles. The fourth-order valence-corrected chi connectivity index (χ4v) is 2.62. The number of alkyl halides is 3. The van der Waals surface area contributed by atoms with Crippen LogP contribution in [-0.4, -0.2) is 51.7 Å². The van der Waals surface area contributed by atoms with Crippen molar-refractivity contribution in [1.82, 2.24) is 14.7 Å². The summed E-state index contributed by atoms with van der Waals surface area (Å²) in [6.07, 6.45) is -4.91. The van der Waals surface area contributed by atoms with Crippen LogP contribution in [0.2, 0.25) is 0 Å². The first-order valence-electron chi connectivity index (χ1n) is 8.21. The topological polar surface area (TPSA) is 73.7 Å². The number of esters is 1. The number of ether oxygens (including phenoxy) is 2. The van der Waals surface area contributed by atoms with Crippen LogP contribution in [0.15, 0.2) is 0 Å². The van der Waals surface area contributed by atoms with Crippen molar-refractivity contribution < 1.29 is 32.2 Å². The van der Waals surface area contributed by atoms with E-state index in [1.54, 1.807) is 27.7 Å². The molecule has 0 saturated carbocycles. The smallest absolute Gasteiger partial charge is 0.410 e. The minimum Gasteiger partial charge on any atom is -0.461 e. The molecule has 0 aliphatic carbocycles. The van der Waals surface area contributed by atoms with Crippen molar-refractivity contribution in [1.29, 1.82) is 0 Å². The maximum atomic E-state index is 12.8. The zero-order chi connectivity index (χ0) is 19.7. The molecule has 0 radical (unpaired) electrons. The Bertz CT molecular complexity index is 692. The van der Waals surface area contributed by atoms with Crippen molar-refractivity contribution in [2.75, 3.05) is 13.2 Å². The molecule has 146 valence electrons. The fraction of sp³-hybridized carbons (Fsp3) is 0.688. The molecule has 0 aromatic carbocycles. The highest BCUT2D eigenvalue weighted by atomic mass is 19.4. The summed E-state index contributed by atoms with van der Waals surface area (Å²) < 4.78 is 49.3. The number of aromatic nitrogens is 2. The molecule has 1 amide bonds. The lowest BCUT2D eigenvalue weighted by Crippen LogP contribution is -2.40. The summed E-state index contributed by atoms with van der Waals surface area (Å²) in [6, 6.07) is 0. The lowest BCUT2D eigenvalue weighted by molar-refractivity contribution is -0.142. The number of nitrogens with zero attached hydrogens (tertiary/aromatic N) is 3. The maximum Gasteiger partial charge on any atom is 0.410 e. The van der Waals surface area contributed by atoms with E-state index >= 15 is 0 Å². The van der Waals surface area contributed by atoms with Gasteiger partial charge < -0.3 is 14.4 Å². The van der Waals surface area contributed by atoms with E-state index in [4.69, 9.17) is 9.47 Å². The lowest BCUT2D eigenvalue weighted by atomic mass is 10.1. The van der Waals surface area contributed by atoms with Gasteiger partial charge in [0.1, 0.15) is 12.1 Å². The van der Waals surface area contributed by atoms with E-state index < -0.39 is 30.4 Å². The number of amides is 1. The third kappa shape index (κ3) is 4.89. The van der Waals surface area contributed by atoms with Gasteiger partial charge in [0, 0.05) is 18.5 Å². The number of hydrogen-bond acceptors (Lipinski definition) is 5. The number of hydrogen-bond donors (Lipinski definition) is 0. The highest BCUT2D eigenvalue weighted by molar-refractivity contribution is 5.90. The number of rotatable bonds is 3.